The van der Waals surface area contributed by atoms with Gasteiger partial charge in [0.05, 0.1) is 16.6 Å². The van der Waals surface area contributed by atoms with E-state index < -0.39 is 33.6 Å². The Bertz CT molecular complexity index is 1560. The molecular weight excluding hydrogens is 504 g/mol. The Hall–Kier alpha value is -3.67. The molecule has 6 nitrogen and oxygen atoms in total. The van der Waals surface area contributed by atoms with Crippen LogP contribution in [0.2, 0.25) is 0 Å². The van der Waals surface area contributed by atoms with Crippen LogP contribution in [0.1, 0.15) is 94.3 Å². The summed E-state index contributed by atoms with van der Waals surface area (Å²) in [5, 5.41) is 34.3. The van der Waals surface area contributed by atoms with Gasteiger partial charge in [0.25, 0.3) is 0 Å². The van der Waals surface area contributed by atoms with E-state index >= 15 is 0 Å². The van der Waals surface area contributed by atoms with E-state index in [2.05, 4.69) is 20.8 Å². The van der Waals surface area contributed by atoms with Crippen LogP contribution in [0.15, 0.2) is 53.0 Å². The van der Waals surface area contributed by atoms with E-state index in [-0.39, 0.29) is 46.3 Å². The molecule has 0 heterocycles. The summed E-state index contributed by atoms with van der Waals surface area (Å²) in [4.78, 5) is 40.6. The van der Waals surface area contributed by atoms with Crippen LogP contribution in [0, 0.1) is 16.2 Å². The zero-order valence-corrected chi connectivity index (χ0v) is 24.4. The van der Waals surface area contributed by atoms with Crippen LogP contribution in [0.4, 0.5) is 0 Å². The summed E-state index contributed by atoms with van der Waals surface area (Å²) in [7, 11) is 0. The van der Waals surface area contributed by atoms with Gasteiger partial charge in [0.15, 0.2) is 17.3 Å². The maximum absolute atomic E-state index is 14.4. The number of benzene rings is 2. The first-order valence-corrected chi connectivity index (χ1v) is 14.1. The molecule has 0 saturated heterocycles. The van der Waals surface area contributed by atoms with Crippen LogP contribution in [-0.2, 0) is 22.4 Å². The number of phenolic OH excluding ortho intramolecular Hbond substituents is 1. The molecule has 0 bridgehead atoms. The molecule has 0 spiro atoms. The predicted molar refractivity (Wildman–Crippen MR) is 154 cm³/mol. The maximum atomic E-state index is 14.4. The smallest absolute Gasteiger partial charge is 0.196 e. The van der Waals surface area contributed by atoms with Crippen LogP contribution < -0.4 is 0 Å². The van der Waals surface area contributed by atoms with Crippen LogP contribution >= 0.6 is 0 Å². The average Bonchev–Trinajstić information content (AvgIpc) is 2.85. The van der Waals surface area contributed by atoms with Crippen molar-refractivity contribution in [2.75, 3.05) is 0 Å². The minimum Gasteiger partial charge on any atom is -0.511 e. The molecule has 3 N–H and O–H groups in total. The number of aliphatic hydroxyl groups excluding tert-OH is 2. The largest absolute Gasteiger partial charge is 0.511 e. The quantitative estimate of drug-likeness (QED) is 0.356. The summed E-state index contributed by atoms with van der Waals surface area (Å²) in [6.07, 6.45) is 1.63. The fourth-order valence-electron chi connectivity index (χ4n) is 7.64. The topological polar surface area (TPSA) is 112 Å². The average molecular weight is 543 g/mol. The van der Waals surface area contributed by atoms with Gasteiger partial charge in [-0.15, -0.1) is 0 Å². The number of aliphatic hydroxyl groups is 2. The number of allylic oxidation sites excluding steroid dienone is 4. The number of carbonyl (C=O) groups excluding carboxylic acids is 3. The van der Waals surface area contributed by atoms with Crippen molar-refractivity contribution < 1.29 is 29.7 Å². The lowest BCUT2D eigenvalue weighted by Gasteiger charge is -2.57. The van der Waals surface area contributed by atoms with Gasteiger partial charge in [-0.3, -0.25) is 14.4 Å². The van der Waals surface area contributed by atoms with E-state index in [0.717, 1.165) is 28.7 Å². The number of fused-ring (bicyclic) bond motifs is 3. The van der Waals surface area contributed by atoms with Crippen molar-refractivity contribution in [3.63, 3.8) is 0 Å². The third-order valence-electron chi connectivity index (χ3n) is 9.94. The van der Waals surface area contributed by atoms with Gasteiger partial charge >= 0.3 is 0 Å². The first-order valence-electron chi connectivity index (χ1n) is 14.1. The molecule has 0 saturated carbocycles. The fourth-order valence-corrected chi connectivity index (χ4v) is 7.64. The van der Waals surface area contributed by atoms with Crippen molar-refractivity contribution in [2.24, 2.45) is 16.2 Å². The molecule has 0 aliphatic heterocycles. The minimum atomic E-state index is -1.58. The number of ketones is 3. The second-order valence-corrected chi connectivity index (χ2v) is 13.0. The van der Waals surface area contributed by atoms with Gasteiger partial charge in [-0.1, -0.05) is 58.9 Å². The zero-order valence-electron chi connectivity index (χ0n) is 24.4. The Morgan fingerprint density at radius 2 is 1.62 bits per heavy atom. The molecule has 0 amide bonds. The van der Waals surface area contributed by atoms with Gasteiger partial charge < -0.3 is 15.3 Å². The van der Waals surface area contributed by atoms with Crippen molar-refractivity contribution in [2.45, 2.75) is 80.1 Å². The number of hydrogen-bond donors (Lipinski definition) is 3. The number of Topliss-reactive ketones (excluding diaryl/α,β-unsaturated/α-hetero) is 3. The van der Waals surface area contributed by atoms with E-state index in [4.69, 9.17) is 0 Å². The third kappa shape index (κ3) is 3.57. The molecule has 40 heavy (non-hydrogen) atoms. The van der Waals surface area contributed by atoms with E-state index in [0.29, 0.717) is 18.4 Å². The van der Waals surface area contributed by atoms with Gasteiger partial charge in [-0.25, -0.2) is 0 Å². The number of phenols is 1. The second-order valence-electron chi connectivity index (χ2n) is 13.0. The van der Waals surface area contributed by atoms with Gasteiger partial charge in [-0.2, -0.15) is 0 Å². The molecule has 2 aromatic rings. The van der Waals surface area contributed by atoms with Gasteiger partial charge in [-0.05, 0) is 72.8 Å². The fraction of sp³-hybridized carbons (Fsp3) is 0.441. The van der Waals surface area contributed by atoms with Crippen LogP contribution in [-0.4, -0.2) is 32.7 Å². The summed E-state index contributed by atoms with van der Waals surface area (Å²) in [5.41, 5.74) is 0.805. The maximum Gasteiger partial charge on any atom is 0.196 e. The Morgan fingerprint density at radius 3 is 2.17 bits per heavy atom. The number of carbonyl (C=O) groups is 3. The van der Waals surface area contributed by atoms with Crippen LogP contribution in [0.25, 0.3) is 11.1 Å². The molecular formula is C34H38O6. The minimum absolute atomic E-state index is 0.0348. The molecule has 0 aromatic heterocycles. The Balaban J connectivity index is 1.78. The summed E-state index contributed by atoms with van der Waals surface area (Å²) >= 11 is 0. The third-order valence-corrected chi connectivity index (χ3v) is 9.94. The first kappa shape index (κ1) is 27.9. The van der Waals surface area contributed by atoms with Gasteiger partial charge in [0.1, 0.15) is 17.3 Å². The van der Waals surface area contributed by atoms with Gasteiger partial charge in [0.2, 0.25) is 0 Å². The van der Waals surface area contributed by atoms with Gasteiger partial charge in [0, 0.05) is 23.0 Å². The number of aryl methyl sites for hydroxylation is 1. The van der Waals surface area contributed by atoms with Crippen LogP contribution in [0.5, 0.6) is 5.75 Å². The monoisotopic (exact) mass is 542 g/mol. The van der Waals surface area contributed by atoms with Crippen molar-refractivity contribution >= 4 is 17.3 Å². The molecule has 0 unspecified atom stereocenters. The standard InChI is InChI=1S/C34H38O6/c1-8-19-9-11-20(12-10-19)22-13-21(17(2)3)23-14-32(5)16-33(6)15-24(36)25(18(4)35)30(39)34(33,7)31(40)27(32)29(38)26(23)28(22)37/h9-13,17,36-37,40H,8,14-16H2,1-7H3/t32-,33+,34-/m1/s1. The summed E-state index contributed by atoms with van der Waals surface area (Å²) in [6.45, 7) is 12.7. The summed E-state index contributed by atoms with van der Waals surface area (Å²) < 4.78 is 0. The Labute approximate surface area is 235 Å². The second kappa shape index (κ2) is 8.92. The predicted octanol–water partition coefficient (Wildman–Crippen LogP) is 7.09. The van der Waals surface area contributed by atoms with Crippen molar-refractivity contribution in [3.05, 3.63) is 75.3 Å². The molecule has 2 aromatic carbocycles. The highest BCUT2D eigenvalue weighted by Crippen LogP contribution is 2.66. The number of aromatic hydroxyl groups is 1. The van der Waals surface area contributed by atoms with E-state index in [1.165, 1.54) is 6.92 Å². The highest BCUT2D eigenvalue weighted by molar-refractivity contribution is 6.24. The molecule has 3 atom stereocenters. The molecule has 0 radical (unpaired) electrons. The van der Waals surface area contributed by atoms with Crippen molar-refractivity contribution in [3.8, 4) is 16.9 Å². The molecule has 3 aliphatic rings. The normalized spacial score (nSPS) is 28.0. The van der Waals surface area contributed by atoms with Crippen LogP contribution in [0.3, 0.4) is 0 Å². The Morgan fingerprint density at radius 1 is 1.00 bits per heavy atom. The highest BCUT2D eigenvalue weighted by atomic mass is 16.3. The van der Waals surface area contributed by atoms with E-state index in [9.17, 15) is 29.7 Å². The summed E-state index contributed by atoms with van der Waals surface area (Å²) in [6, 6.07) is 9.85. The Kier molecular flexibility index (Phi) is 6.22. The summed E-state index contributed by atoms with van der Waals surface area (Å²) in [5.74, 6) is -2.44. The zero-order chi connectivity index (χ0) is 29.5. The number of hydrogen-bond acceptors (Lipinski definition) is 6. The van der Waals surface area contributed by atoms with E-state index in [1.807, 2.05) is 44.2 Å². The SMILES string of the molecule is CCc1ccc(-c2cc(C(C)C)c3c(c2O)C(=O)C2=C(O)[C@@]4(C)C(=O)C(C(C)=O)=C(O)C[C@@]4(C)C[C@@]2(C)C3)cc1. The van der Waals surface area contributed by atoms with Crippen molar-refractivity contribution in [1.29, 1.82) is 0 Å². The lowest BCUT2D eigenvalue weighted by atomic mass is 9.44. The molecule has 210 valence electrons. The number of rotatable bonds is 4. The van der Waals surface area contributed by atoms with E-state index in [1.54, 1.807) is 6.92 Å². The molecule has 5 rings (SSSR count). The lowest BCUT2D eigenvalue weighted by Crippen LogP contribution is -2.57. The molecule has 6 heteroatoms. The molecule has 0 fully saturated rings. The molecule has 3 aliphatic carbocycles. The lowest BCUT2D eigenvalue weighted by molar-refractivity contribution is -0.138. The first-order chi connectivity index (χ1) is 18.6. The van der Waals surface area contributed by atoms with Crippen molar-refractivity contribution in [1.82, 2.24) is 0 Å². The highest BCUT2D eigenvalue weighted by Gasteiger charge is 2.65.